The first-order chi connectivity index (χ1) is 12.8. The number of nitrogens with two attached hydrogens (primary N) is 1. The van der Waals surface area contributed by atoms with E-state index < -0.39 is 11.8 Å². The zero-order valence-electron chi connectivity index (χ0n) is 14.8. The van der Waals surface area contributed by atoms with E-state index in [1.54, 1.807) is 17.0 Å². The molecule has 0 atom stereocenters. The van der Waals surface area contributed by atoms with Gasteiger partial charge in [0.25, 0.3) is 11.8 Å². The number of hydrogen-bond acceptors (Lipinski definition) is 5. The van der Waals surface area contributed by atoms with E-state index in [-0.39, 0.29) is 11.5 Å². The van der Waals surface area contributed by atoms with Crippen LogP contribution in [0.3, 0.4) is 0 Å². The molecular formula is C18H18ClN3O4S. The van der Waals surface area contributed by atoms with E-state index in [1.807, 2.05) is 0 Å². The topological polar surface area (TPSA) is 102 Å². The van der Waals surface area contributed by atoms with Crippen LogP contribution in [0.4, 0.5) is 5.00 Å². The van der Waals surface area contributed by atoms with E-state index in [0.29, 0.717) is 40.8 Å². The van der Waals surface area contributed by atoms with Gasteiger partial charge in [-0.1, -0.05) is 11.6 Å². The van der Waals surface area contributed by atoms with Crippen LogP contribution in [0.5, 0.6) is 5.75 Å². The number of thiophene rings is 1. The Hall–Kier alpha value is -2.58. The Bertz CT molecular complexity index is 941. The highest BCUT2D eigenvalue weighted by Crippen LogP contribution is 2.37. The summed E-state index contributed by atoms with van der Waals surface area (Å²) in [6.07, 6.45) is 0.514. The molecular weight excluding hydrogens is 390 g/mol. The summed E-state index contributed by atoms with van der Waals surface area (Å²) in [5.41, 5.74) is 6.90. The molecule has 0 unspecified atom stereocenters. The fourth-order valence-corrected chi connectivity index (χ4v) is 4.48. The van der Waals surface area contributed by atoms with E-state index in [4.69, 9.17) is 22.1 Å². The maximum absolute atomic E-state index is 12.7. The molecule has 0 fully saturated rings. The van der Waals surface area contributed by atoms with Gasteiger partial charge in [0.05, 0.1) is 24.8 Å². The lowest BCUT2D eigenvalue weighted by Crippen LogP contribution is -2.34. The predicted octanol–water partition coefficient (Wildman–Crippen LogP) is 2.67. The van der Waals surface area contributed by atoms with Crippen molar-refractivity contribution in [3.05, 3.63) is 44.8 Å². The Balaban J connectivity index is 1.96. The van der Waals surface area contributed by atoms with Crippen LogP contribution in [0.2, 0.25) is 5.02 Å². The van der Waals surface area contributed by atoms with Crippen molar-refractivity contribution < 1.29 is 19.1 Å². The number of carbonyl (C=O) groups excluding carboxylic acids is 3. The Morgan fingerprint density at radius 1 is 1.33 bits per heavy atom. The van der Waals surface area contributed by atoms with Gasteiger partial charge in [-0.25, -0.2) is 0 Å². The number of benzene rings is 1. The van der Waals surface area contributed by atoms with Gasteiger partial charge >= 0.3 is 0 Å². The molecule has 7 nitrogen and oxygen atoms in total. The summed E-state index contributed by atoms with van der Waals surface area (Å²) in [5.74, 6) is -0.749. The molecule has 0 saturated heterocycles. The molecule has 1 aromatic carbocycles. The van der Waals surface area contributed by atoms with Gasteiger partial charge in [-0.15, -0.1) is 11.3 Å². The molecule has 3 rings (SSSR count). The highest BCUT2D eigenvalue weighted by Gasteiger charge is 2.29. The Morgan fingerprint density at radius 3 is 2.70 bits per heavy atom. The second-order valence-corrected chi connectivity index (χ2v) is 7.60. The lowest BCUT2D eigenvalue weighted by atomic mass is 10.0. The number of nitrogens with one attached hydrogen (secondary N) is 1. The van der Waals surface area contributed by atoms with E-state index in [0.717, 1.165) is 10.4 Å². The molecule has 2 aromatic rings. The molecule has 27 heavy (non-hydrogen) atoms. The zero-order valence-corrected chi connectivity index (χ0v) is 16.4. The summed E-state index contributed by atoms with van der Waals surface area (Å²) in [5, 5.41) is 3.50. The number of anilines is 1. The van der Waals surface area contributed by atoms with Crippen LogP contribution in [0, 0.1) is 0 Å². The van der Waals surface area contributed by atoms with Crippen molar-refractivity contribution in [2.45, 2.75) is 19.9 Å². The van der Waals surface area contributed by atoms with Gasteiger partial charge in [0.2, 0.25) is 5.91 Å². The van der Waals surface area contributed by atoms with Gasteiger partial charge < -0.3 is 20.7 Å². The number of methoxy groups -OCH3 is 1. The molecule has 0 spiro atoms. The van der Waals surface area contributed by atoms with Crippen LogP contribution in [-0.4, -0.2) is 36.3 Å². The third-order valence-electron chi connectivity index (χ3n) is 4.38. The molecule has 1 aromatic heterocycles. The van der Waals surface area contributed by atoms with Crippen LogP contribution in [-0.2, 0) is 17.8 Å². The van der Waals surface area contributed by atoms with Crippen molar-refractivity contribution in [1.29, 1.82) is 0 Å². The maximum Gasteiger partial charge on any atom is 0.260 e. The summed E-state index contributed by atoms with van der Waals surface area (Å²) in [6, 6.07) is 4.70. The van der Waals surface area contributed by atoms with Gasteiger partial charge in [-0.3, -0.25) is 14.4 Å². The first-order valence-electron chi connectivity index (χ1n) is 8.16. The van der Waals surface area contributed by atoms with Gasteiger partial charge in [0.1, 0.15) is 10.8 Å². The summed E-state index contributed by atoms with van der Waals surface area (Å²) in [6.45, 7) is 2.41. The predicted molar refractivity (Wildman–Crippen MR) is 104 cm³/mol. The van der Waals surface area contributed by atoms with Crippen molar-refractivity contribution in [2.24, 2.45) is 5.73 Å². The van der Waals surface area contributed by atoms with Crippen LogP contribution in [0.15, 0.2) is 18.2 Å². The summed E-state index contributed by atoms with van der Waals surface area (Å²) in [4.78, 5) is 38.9. The quantitative estimate of drug-likeness (QED) is 0.813. The van der Waals surface area contributed by atoms with Crippen molar-refractivity contribution in [2.75, 3.05) is 19.0 Å². The molecule has 1 aliphatic rings. The Labute approximate surface area is 165 Å². The Kier molecular flexibility index (Phi) is 5.38. The van der Waals surface area contributed by atoms with Gasteiger partial charge in [0.15, 0.2) is 0 Å². The number of nitrogens with zero attached hydrogens (tertiary/aromatic N) is 1. The van der Waals surface area contributed by atoms with Crippen LogP contribution in [0.1, 0.15) is 38.1 Å². The zero-order chi connectivity index (χ0) is 19.7. The molecule has 2 heterocycles. The van der Waals surface area contributed by atoms with E-state index >= 15 is 0 Å². The van der Waals surface area contributed by atoms with Gasteiger partial charge in [-0.2, -0.15) is 0 Å². The number of ether oxygens (including phenoxy) is 1. The highest BCUT2D eigenvalue weighted by atomic mass is 35.5. The second kappa shape index (κ2) is 7.58. The second-order valence-electron chi connectivity index (χ2n) is 6.06. The fourth-order valence-electron chi connectivity index (χ4n) is 3.05. The van der Waals surface area contributed by atoms with E-state index in [2.05, 4.69) is 5.32 Å². The van der Waals surface area contributed by atoms with Crippen molar-refractivity contribution >= 4 is 45.7 Å². The van der Waals surface area contributed by atoms with Crippen molar-refractivity contribution in [3.63, 3.8) is 0 Å². The highest BCUT2D eigenvalue weighted by molar-refractivity contribution is 7.17. The smallest absolute Gasteiger partial charge is 0.260 e. The minimum atomic E-state index is -0.614. The van der Waals surface area contributed by atoms with Crippen LogP contribution < -0.4 is 15.8 Å². The van der Waals surface area contributed by atoms with E-state index in [1.165, 1.54) is 31.4 Å². The molecule has 0 bridgehead atoms. The van der Waals surface area contributed by atoms with E-state index in [9.17, 15) is 14.4 Å². The first kappa shape index (κ1) is 19.2. The molecule has 0 saturated carbocycles. The first-order valence-corrected chi connectivity index (χ1v) is 9.36. The Morgan fingerprint density at radius 2 is 2.07 bits per heavy atom. The normalized spacial score (nSPS) is 13.1. The summed E-state index contributed by atoms with van der Waals surface area (Å²) >= 11 is 7.24. The standard InChI is InChI=1S/C18H18ClN3O4S/c1-9(23)22-6-5-11-14(8-22)27-18(15(11)16(20)24)21-17(25)12-7-10(19)3-4-13(12)26-2/h3-4,7H,5-6,8H2,1-2H3,(H2,20,24)(H,21,25). The molecule has 0 radical (unpaired) electrons. The SMILES string of the molecule is COc1ccc(Cl)cc1C(=O)Nc1sc2c(c1C(N)=O)CCN(C(C)=O)C2. The summed E-state index contributed by atoms with van der Waals surface area (Å²) < 4.78 is 5.21. The van der Waals surface area contributed by atoms with Crippen molar-refractivity contribution in [3.8, 4) is 5.75 Å². The van der Waals surface area contributed by atoms with Crippen LogP contribution >= 0.6 is 22.9 Å². The van der Waals surface area contributed by atoms with Crippen molar-refractivity contribution in [1.82, 2.24) is 4.90 Å². The fraction of sp³-hybridized carbons (Fsp3) is 0.278. The third kappa shape index (κ3) is 3.77. The minimum absolute atomic E-state index is 0.0380. The minimum Gasteiger partial charge on any atom is -0.496 e. The van der Waals surface area contributed by atoms with Gasteiger partial charge in [-0.05, 0) is 30.2 Å². The maximum atomic E-state index is 12.7. The van der Waals surface area contributed by atoms with Gasteiger partial charge in [0, 0.05) is 23.4 Å². The average Bonchev–Trinajstić information content (AvgIpc) is 2.98. The lowest BCUT2D eigenvalue weighted by Gasteiger charge is -2.25. The number of fused-ring (bicyclic) bond motifs is 1. The molecule has 0 aliphatic carbocycles. The number of halogens is 1. The lowest BCUT2D eigenvalue weighted by molar-refractivity contribution is -0.129. The number of hydrogen-bond donors (Lipinski definition) is 2. The molecule has 142 valence electrons. The largest absolute Gasteiger partial charge is 0.496 e. The molecule has 3 N–H and O–H groups in total. The number of rotatable bonds is 4. The van der Waals surface area contributed by atoms with Crippen LogP contribution in [0.25, 0.3) is 0 Å². The summed E-state index contributed by atoms with van der Waals surface area (Å²) in [7, 11) is 1.45. The number of primary amides is 1. The third-order valence-corrected chi connectivity index (χ3v) is 5.75. The monoisotopic (exact) mass is 407 g/mol. The average molecular weight is 408 g/mol. The number of carbonyl (C=O) groups is 3. The molecule has 1 aliphatic heterocycles. The molecule has 3 amide bonds. The molecule has 9 heteroatoms. The number of amides is 3.